The normalized spacial score (nSPS) is 23.6. The van der Waals surface area contributed by atoms with Crippen LogP contribution < -0.4 is 0 Å². The lowest BCUT2D eigenvalue weighted by atomic mass is 10.1. The molecule has 122 valence electrons. The van der Waals surface area contributed by atoms with E-state index in [2.05, 4.69) is 4.90 Å². The van der Waals surface area contributed by atoms with Crippen LogP contribution in [-0.4, -0.2) is 54.1 Å². The molecular formula is C17H25ClN2O2. The Balaban J connectivity index is 1.95. The molecule has 5 heteroatoms. The molecule has 0 spiro atoms. The molecule has 1 saturated heterocycles. The number of rotatable bonds is 4. The molecule has 1 aromatic rings. The lowest BCUT2D eigenvalue weighted by Crippen LogP contribution is -2.53. The maximum Gasteiger partial charge on any atom is 0.239 e. The molecule has 1 aromatic carbocycles. The number of likely N-dealkylation sites (N-methyl/N-ethyl adjacent to an activating group) is 1. The van der Waals surface area contributed by atoms with E-state index in [-0.39, 0.29) is 24.2 Å². The average molecular weight is 325 g/mol. The third kappa shape index (κ3) is 4.45. The molecule has 4 nitrogen and oxygen atoms in total. The van der Waals surface area contributed by atoms with Crippen molar-refractivity contribution in [3.05, 3.63) is 34.9 Å². The van der Waals surface area contributed by atoms with Crippen molar-refractivity contribution in [3.8, 4) is 0 Å². The number of nitrogens with zero attached hydrogens (tertiary/aromatic N) is 2. The molecule has 1 aliphatic heterocycles. The van der Waals surface area contributed by atoms with E-state index in [4.69, 9.17) is 16.3 Å². The van der Waals surface area contributed by atoms with Gasteiger partial charge in [-0.3, -0.25) is 9.69 Å². The second-order valence-electron chi connectivity index (χ2n) is 6.22. The van der Waals surface area contributed by atoms with Gasteiger partial charge in [0, 0.05) is 24.7 Å². The van der Waals surface area contributed by atoms with Crippen molar-refractivity contribution in [2.75, 3.05) is 20.1 Å². The predicted octanol–water partition coefficient (Wildman–Crippen LogP) is 2.80. The van der Waals surface area contributed by atoms with E-state index in [1.54, 1.807) is 0 Å². The molecule has 1 fully saturated rings. The third-order valence-electron chi connectivity index (χ3n) is 4.10. The summed E-state index contributed by atoms with van der Waals surface area (Å²) in [7, 11) is 1.98. The number of carbonyl (C=O) groups excluding carboxylic acids is 1. The highest BCUT2D eigenvalue weighted by Crippen LogP contribution is 2.15. The van der Waals surface area contributed by atoms with Crippen molar-refractivity contribution < 1.29 is 9.53 Å². The summed E-state index contributed by atoms with van der Waals surface area (Å²) in [5.41, 5.74) is 1.15. The van der Waals surface area contributed by atoms with E-state index in [1.807, 2.05) is 57.0 Å². The monoisotopic (exact) mass is 324 g/mol. The van der Waals surface area contributed by atoms with Gasteiger partial charge >= 0.3 is 0 Å². The fourth-order valence-electron chi connectivity index (χ4n) is 2.83. The Morgan fingerprint density at radius 1 is 1.32 bits per heavy atom. The van der Waals surface area contributed by atoms with E-state index in [0.717, 1.165) is 17.1 Å². The summed E-state index contributed by atoms with van der Waals surface area (Å²) in [5.74, 6) is 0.165. The Bertz CT molecular complexity index is 496. The van der Waals surface area contributed by atoms with Gasteiger partial charge in [0.25, 0.3) is 0 Å². The molecule has 0 aliphatic carbocycles. The third-order valence-corrected chi connectivity index (χ3v) is 4.35. The molecule has 0 radical (unpaired) electrons. The van der Waals surface area contributed by atoms with Crippen LogP contribution in [0, 0.1) is 0 Å². The minimum absolute atomic E-state index is 0.0986. The van der Waals surface area contributed by atoms with Gasteiger partial charge in [0.1, 0.15) is 0 Å². The second kappa shape index (κ2) is 7.44. The van der Waals surface area contributed by atoms with Crippen LogP contribution in [0.5, 0.6) is 0 Å². The summed E-state index contributed by atoms with van der Waals surface area (Å²) in [6, 6.07) is 7.59. The van der Waals surface area contributed by atoms with Crippen LogP contribution in [0.3, 0.4) is 0 Å². The molecule has 0 bridgehead atoms. The van der Waals surface area contributed by atoms with Crippen molar-refractivity contribution in [2.45, 2.75) is 45.6 Å². The molecular weight excluding hydrogens is 300 g/mol. The van der Waals surface area contributed by atoms with E-state index in [9.17, 15) is 4.79 Å². The number of hydrogen-bond donors (Lipinski definition) is 0. The molecule has 0 N–H and O–H groups in total. The van der Waals surface area contributed by atoms with Gasteiger partial charge in [-0.05, 0) is 45.5 Å². The van der Waals surface area contributed by atoms with Crippen LogP contribution in [0.4, 0.5) is 0 Å². The number of ether oxygens (including phenoxy) is 1. The van der Waals surface area contributed by atoms with Gasteiger partial charge in [0.15, 0.2) is 0 Å². The van der Waals surface area contributed by atoms with Gasteiger partial charge in [-0.25, -0.2) is 0 Å². The SMILES string of the molecule is CC1CN(C(=O)C(C)N(C)Cc2ccc(Cl)cc2)CC(C)O1. The molecule has 3 unspecified atom stereocenters. The van der Waals surface area contributed by atoms with Gasteiger partial charge in [-0.15, -0.1) is 0 Å². The summed E-state index contributed by atoms with van der Waals surface area (Å²) in [5, 5.41) is 0.729. The van der Waals surface area contributed by atoms with E-state index in [0.29, 0.717) is 13.1 Å². The first-order chi connectivity index (χ1) is 10.4. The average Bonchev–Trinajstić information content (AvgIpc) is 2.47. The molecule has 2 rings (SSSR count). The molecule has 1 heterocycles. The predicted molar refractivity (Wildman–Crippen MR) is 89.0 cm³/mol. The highest BCUT2D eigenvalue weighted by molar-refractivity contribution is 6.30. The number of amides is 1. The lowest BCUT2D eigenvalue weighted by molar-refractivity contribution is -0.147. The molecule has 0 aromatic heterocycles. The fraction of sp³-hybridized carbons (Fsp3) is 0.588. The largest absolute Gasteiger partial charge is 0.372 e. The summed E-state index contributed by atoms with van der Waals surface area (Å²) in [6.45, 7) is 8.04. The molecule has 22 heavy (non-hydrogen) atoms. The number of hydrogen-bond acceptors (Lipinski definition) is 3. The Hall–Kier alpha value is -1.10. The van der Waals surface area contributed by atoms with Gasteiger partial charge in [-0.2, -0.15) is 0 Å². The zero-order valence-electron chi connectivity index (χ0n) is 13.8. The van der Waals surface area contributed by atoms with Gasteiger partial charge < -0.3 is 9.64 Å². The van der Waals surface area contributed by atoms with E-state index in [1.165, 1.54) is 0 Å². The van der Waals surface area contributed by atoms with E-state index >= 15 is 0 Å². The number of carbonyl (C=O) groups is 1. The van der Waals surface area contributed by atoms with Crippen LogP contribution in [0.15, 0.2) is 24.3 Å². The quantitative estimate of drug-likeness (QED) is 0.854. The van der Waals surface area contributed by atoms with Crippen molar-refractivity contribution in [2.24, 2.45) is 0 Å². The van der Waals surface area contributed by atoms with Crippen LogP contribution in [0.25, 0.3) is 0 Å². The van der Waals surface area contributed by atoms with Crippen molar-refractivity contribution in [1.29, 1.82) is 0 Å². The summed E-state index contributed by atoms with van der Waals surface area (Å²) < 4.78 is 5.69. The summed E-state index contributed by atoms with van der Waals surface area (Å²) >= 11 is 5.90. The minimum Gasteiger partial charge on any atom is -0.372 e. The van der Waals surface area contributed by atoms with Crippen LogP contribution in [-0.2, 0) is 16.1 Å². The maximum atomic E-state index is 12.7. The van der Waals surface area contributed by atoms with Crippen LogP contribution >= 0.6 is 11.6 Å². The molecule has 1 aliphatic rings. The first-order valence-electron chi connectivity index (χ1n) is 7.75. The van der Waals surface area contributed by atoms with Crippen molar-refractivity contribution in [3.63, 3.8) is 0 Å². The minimum atomic E-state index is -0.159. The zero-order chi connectivity index (χ0) is 16.3. The summed E-state index contributed by atoms with van der Waals surface area (Å²) in [6.07, 6.45) is 0.197. The molecule has 1 amide bonds. The van der Waals surface area contributed by atoms with Crippen molar-refractivity contribution in [1.82, 2.24) is 9.80 Å². The first-order valence-corrected chi connectivity index (χ1v) is 8.13. The highest BCUT2D eigenvalue weighted by atomic mass is 35.5. The van der Waals surface area contributed by atoms with Gasteiger partial charge in [-0.1, -0.05) is 23.7 Å². The second-order valence-corrected chi connectivity index (χ2v) is 6.65. The number of halogens is 1. The Morgan fingerprint density at radius 2 is 1.86 bits per heavy atom. The Labute approximate surface area is 138 Å². The first kappa shape index (κ1) is 17.3. The maximum absolute atomic E-state index is 12.7. The zero-order valence-corrected chi connectivity index (χ0v) is 14.5. The van der Waals surface area contributed by atoms with Crippen molar-refractivity contribution >= 4 is 17.5 Å². The van der Waals surface area contributed by atoms with Gasteiger partial charge in [0.05, 0.1) is 18.2 Å². The lowest BCUT2D eigenvalue weighted by Gasteiger charge is -2.38. The number of morpholine rings is 1. The van der Waals surface area contributed by atoms with Crippen LogP contribution in [0.1, 0.15) is 26.3 Å². The fourth-order valence-corrected chi connectivity index (χ4v) is 2.95. The Kier molecular flexibility index (Phi) is 5.84. The Morgan fingerprint density at radius 3 is 2.41 bits per heavy atom. The number of benzene rings is 1. The summed E-state index contributed by atoms with van der Waals surface area (Å²) in [4.78, 5) is 16.7. The smallest absolute Gasteiger partial charge is 0.239 e. The standard InChI is InChI=1S/C17H25ClN2O2/c1-12-9-20(10-13(2)22-12)17(21)14(3)19(4)11-15-5-7-16(18)8-6-15/h5-8,12-14H,9-11H2,1-4H3. The molecule has 0 saturated carbocycles. The molecule has 3 atom stereocenters. The van der Waals surface area contributed by atoms with Gasteiger partial charge in [0.2, 0.25) is 5.91 Å². The van der Waals surface area contributed by atoms with E-state index < -0.39 is 0 Å². The van der Waals surface area contributed by atoms with Crippen LogP contribution in [0.2, 0.25) is 5.02 Å². The highest BCUT2D eigenvalue weighted by Gasteiger charge is 2.30. The topological polar surface area (TPSA) is 32.8 Å².